The van der Waals surface area contributed by atoms with E-state index in [4.69, 9.17) is 0 Å². The van der Waals surface area contributed by atoms with Crippen LogP contribution in [-0.2, 0) is 10.0 Å². The van der Waals surface area contributed by atoms with Crippen LogP contribution in [0.15, 0.2) is 0 Å². The van der Waals surface area contributed by atoms with Crippen molar-refractivity contribution in [3.05, 3.63) is 0 Å². The van der Waals surface area contributed by atoms with E-state index in [1.807, 2.05) is 0 Å². The zero-order valence-electron chi connectivity index (χ0n) is 7.16. The molecule has 0 aromatic rings. The second-order valence-corrected chi connectivity index (χ2v) is 5.58. The molecule has 0 aromatic carbocycles. The number of hydrogen-bond acceptors (Lipinski definition) is 3. The van der Waals surface area contributed by atoms with Crippen molar-refractivity contribution in [2.45, 2.75) is 12.5 Å². The highest BCUT2D eigenvalue weighted by molar-refractivity contribution is 7.88. The maximum atomic E-state index is 11.3. The Morgan fingerprint density at radius 2 is 2.17 bits per heavy atom. The smallest absolute Gasteiger partial charge is 0.211 e. The minimum Gasteiger partial charge on any atom is -0.315 e. The monoisotopic (exact) mass is 190 g/mol. The fourth-order valence-electron chi connectivity index (χ4n) is 2.22. The van der Waals surface area contributed by atoms with E-state index >= 15 is 0 Å². The molecule has 0 bridgehead atoms. The van der Waals surface area contributed by atoms with Crippen LogP contribution < -0.4 is 5.32 Å². The predicted octanol–water partition coefficient (Wildman–Crippen LogP) is -0.760. The van der Waals surface area contributed by atoms with Gasteiger partial charge in [-0.25, -0.2) is 8.42 Å². The summed E-state index contributed by atoms with van der Waals surface area (Å²) >= 11 is 0. The van der Waals surface area contributed by atoms with Gasteiger partial charge in [-0.15, -0.1) is 0 Å². The first kappa shape index (κ1) is 8.47. The topological polar surface area (TPSA) is 49.4 Å². The molecule has 0 saturated carbocycles. The first-order valence-corrected chi connectivity index (χ1v) is 6.11. The molecule has 2 atom stereocenters. The minimum atomic E-state index is -2.96. The molecular weight excluding hydrogens is 176 g/mol. The van der Waals surface area contributed by atoms with Crippen LogP contribution in [0.5, 0.6) is 0 Å². The van der Waals surface area contributed by atoms with Crippen molar-refractivity contribution in [3.63, 3.8) is 0 Å². The molecule has 2 heterocycles. The normalized spacial score (nSPS) is 37.1. The van der Waals surface area contributed by atoms with Crippen LogP contribution >= 0.6 is 0 Å². The first-order valence-electron chi connectivity index (χ1n) is 4.26. The lowest BCUT2D eigenvalue weighted by atomic mass is 10.1. The highest BCUT2D eigenvalue weighted by atomic mass is 32.2. The zero-order valence-corrected chi connectivity index (χ0v) is 7.97. The van der Waals surface area contributed by atoms with Gasteiger partial charge in [-0.2, -0.15) is 4.31 Å². The van der Waals surface area contributed by atoms with Gasteiger partial charge in [0.25, 0.3) is 0 Å². The summed E-state index contributed by atoms with van der Waals surface area (Å²) in [4.78, 5) is 0. The van der Waals surface area contributed by atoms with Crippen LogP contribution in [0.3, 0.4) is 0 Å². The minimum absolute atomic E-state index is 0.236. The van der Waals surface area contributed by atoms with Crippen molar-refractivity contribution in [1.29, 1.82) is 0 Å². The fraction of sp³-hybridized carbons (Fsp3) is 1.00. The third kappa shape index (κ3) is 1.26. The Bertz CT molecular complexity index is 275. The highest BCUT2D eigenvalue weighted by Gasteiger charge is 2.41. The van der Waals surface area contributed by atoms with Crippen LogP contribution in [0.1, 0.15) is 6.42 Å². The van der Waals surface area contributed by atoms with Crippen molar-refractivity contribution in [3.8, 4) is 0 Å². The molecule has 0 aliphatic carbocycles. The number of nitrogens with one attached hydrogen (secondary N) is 1. The summed E-state index contributed by atoms with van der Waals surface area (Å²) in [6.07, 6.45) is 2.32. The van der Waals surface area contributed by atoms with Crippen molar-refractivity contribution < 1.29 is 8.42 Å². The summed E-state index contributed by atoms with van der Waals surface area (Å²) in [6.45, 7) is 2.53. The second kappa shape index (κ2) is 2.68. The van der Waals surface area contributed by atoms with Gasteiger partial charge in [-0.05, 0) is 18.9 Å². The summed E-state index contributed by atoms with van der Waals surface area (Å²) in [6, 6.07) is 0.236. The molecule has 12 heavy (non-hydrogen) atoms. The van der Waals surface area contributed by atoms with E-state index in [0.717, 1.165) is 26.1 Å². The van der Waals surface area contributed by atoms with E-state index in [1.165, 1.54) is 6.26 Å². The Morgan fingerprint density at radius 1 is 1.42 bits per heavy atom. The van der Waals surface area contributed by atoms with Crippen molar-refractivity contribution in [2.75, 3.05) is 25.9 Å². The highest BCUT2D eigenvalue weighted by Crippen LogP contribution is 2.28. The van der Waals surface area contributed by atoms with E-state index in [2.05, 4.69) is 5.32 Å². The number of nitrogens with zero attached hydrogens (tertiary/aromatic N) is 1. The lowest BCUT2D eigenvalue weighted by Gasteiger charge is -2.19. The fourth-order valence-corrected chi connectivity index (χ4v) is 3.40. The number of hydrogen-bond donors (Lipinski definition) is 1. The number of sulfonamides is 1. The molecule has 5 heteroatoms. The van der Waals surface area contributed by atoms with Gasteiger partial charge < -0.3 is 5.32 Å². The molecule has 1 N–H and O–H groups in total. The van der Waals surface area contributed by atoms with Gasteiger partial charge in [0.15, 0.2) is 0 Å². The predicted molar refractivity (Wildman–Crippen MR) is 46.3 cm³/mol. The second-order valence-electron chi connectivity index (χ2n) is 3.65. The van der Waals surface area contributed by atoms with Gasteiger partial charge >= 0.3 is 0 Å². The molecule has 2 aliphatic rings. The van der Waals surface area contributed by atoms with Gasteiger partial charge in [0.1, 0.15) is 0 Å². The largest absolute Gasteiger partial charge is 0.315 e. The maximum absolute atomic E-state index is 11.3. The Morgan fingerprint density at radius 3 is 2.83 bits per heavy atom. The maximum Gasteiger partial charge on any atom is 0.211 e. The summed E-state index contributed by atoms with van der Waals surface area (Å²) < 4.78 is 24.2. The summed E-state index contributed by atoms with van der Waals surface area (Å²) in [7, 11) is -2.96. The molecule has 0 radical (unpaired) electrons. The zero-order chi connectivity index (χ0) is 8.77. The van der Waals surface area contributed by atoms with Gasteiger partial charge in [0.05, 0.1) is 6.26 Å². The third-order valence-electron chi connectivity index (χ3n) is 2.82. The summed E-state index contributed by atoms with van der Waals surface area (Å²) in [5, 5.41) is 3.22. The molecule has 2 fully saturated rings. The van der Waals surface area contributed by atoms with Crippen LogP contribution in [0.25, 0.3) is 0 Å². The quantitative estimate of drug-likeness (QED) is 0.591. The lowest BCUT2D eigenvalue weighted by Crippen LogP contribution is -2.38. The van der Waals surface area contributed by atoms with Gasteiger partial charge in [-0.1, -0.05) is 0 Å². The molecule has 0 unspecified atom stereocenters. The Labute approximate surface area is 73.0 Å². The Hall–Kier alpha value is -0.130. The van der Waals surface area contributed by atoms with E-state index in [0.29, 0.717) is 5.92 Å². The van der Waals surface area contributed by atoms with Crippen LogP contribution in [0.4, 0.5) is 0 Å². The molecule has 0 amide bonds. The average Bonchev–Trinajstić information content (AvgIpc) is 2.37. The number of fused-ring (bicyclic) bond motifs is 1. The van der Waals surface area contributed by atoms with E-state index in [9.17, 15) is 8.42 Å². The lowest BCUT2D eigenvalue weighted by molar-refractivity contribution is 0.386. The van der Waals surface area contributed by atoms with Crippen LogP contribution in [0.2, 0.25) is 0 Å². The first-order chi connectivity index (χ1) is 5.59. The molecule has 4 nitrogen and oxygen atoms in total. The van der Waals surface area contributed by atoms with E-state index in [1.54, 1.807) is 4.31 Å². The Kier molecular flexibility index (Phi) is 1.89. The van der Waals surface area contributed by atoms with Gasteiger partial charge in [0, 0.05) is 19.1 Å². The molecule has 70 valence electrons. The average molecular weight is 190 g/mol. The molecule has 2 saturated heterocycles. The van der Waals surface area contributed by atoms with E-state index < -0.39 is 10.0 Å². The molecule has 0 spiro atoms. The summed E-state index contributed by atoms with van der Waals surface area (Å²) in [5.74, 6) is 0.555. The molecule has 2 rings (SSSR count). The van der Waals surface area contributed by atoms with Crippen molar-refractivity contribution >= 4 is 10.0 Å². The number of rotatable bonds is 1. The van der Waals surface area contributed by atoms with Crippen molar-refractivity contribution in [2.24, 2.45) is 5.92 Å². The van der Waals surface area contributed by atoms with Gasteiger partial charge in [0.2, 0.25) is 10.0 Å². The van der Waals surface area contributed by atoms with Gasteiger partial charge in [-0.3, -0.25) is 0 Å². The Balaban J connectivity index is 2.20. The van der Waals surface area contributed by atoms with Crippen LogP contribution in [-0.4, -0.2) is 44.7 Å². The van der Waals surface area contributed by atoms with Crippen LogP contribution in [0, 0.1) is 5.92 Å². The third-order valence-corrected chi connectivity index (χ3v) is 4.13. The molecular formula is C7H14N2O2S. The molecule has 0 aromatic heterocycles. The summed E-state index contributed by atoms with van der Waals surface area (Å²) in [5.41, 5.74) is 0. The molecule has 2 aliphatic heterocycles. The standard InChI is InChI=1S/C7H14N2O2S/c1-12(10,11)9-3-2-6-4-8-5-7(6)9/h6-8H,2-5H2,1H3/t6-,7+/m1/s1. The van der Waals surface area contributed by atoms with E-state index in [-0.39, 0.29) is 6.04 Å². The van der Waals surface area contributed by atoms with Crippen molar-refractivity contribution in [1.82, 2.24) is 9.62 Å². The SMILES string of the molecule is CS(=O)(=O)N1CC[C@@H]2CNC[C@@H]21.